The Morgan fingerprint density at radius 1 is 0.971 bits per heavy atom. The van der Waals surface area contributed by atoms with Crippen LogP contribution in [0.5, 0.6) is 17.2 Å². The Balaban J connectivity index is 2.06. The third kappa shape index (κ3) is 8.61. The molecule has 0 aliphatic rings. The van der Waals surface area contributed by atoms with Crippen molar-refractivity contribution < 1.29 is 23.8 Å². The lowest BCUT2D eigenvalue weighted by Gasteiger charge is -2.31. The van der Waals surface area contributed by atoms with Crippen molar-refractivity contribution in [2.75, 3.05) is 27.4 Å². The molecule has 0 heterocycles. The number of benzene rings is 2. The summed E-state index contributed by atoms with van der Waals surface area (Å²) in [6.07, 6.45) is 1.36. The zero-order valence-electron chi connectivity index (χ0n) is 21.0. The molecule has 0 unspecified atom stereocenters. The number of hydrogen-bond donors (Lipinski definition) is 1. The fourth-order valence-electron chi connectivity index (χ4n) is 3.54. The van der Waals surface area contributed by atoms with Gasteiger partial charge in [0.15, 0.2) is 0 Å². The van der Waals surface area contributed by atoms with Crippen LogP contribution in [-0.4, -0.2) is 50.1 Å². The van der Waals surface area contributed by atoms with Gasteiger partial charge in [0, 0.05) is 19.5 Å². The summed E-state index contributed by atoms with van der Waals surface area (Å²) in [5, 5.41) is 2.98. The lowest BCUT2D eigenvalue weighted by atomic mass is 10.1. The van der Waals surface area contributed by atoms with Crippen molar-refractivity contribution in [1.82, 2.24) is 10.2 Å². The molecule has 0 bridgehead atoms. The zero-order chi connectivity index (χ0) is 24.9. The van der Waals surface area contributed by atoms with Crippen molar-refractivity contribution in [2.24, 2.45) is 5.92 Å². The molecular weight excluding hydrogens is 432 g/mol. The molecule has 2 amide bonds. The number of nitrogens with one attached hydrogen (secondary N) is 1. The van der Waals surface area contributed by atoms with Gasteiger partial charge in [-0.2, -0.15) is 0 Å². The first-order valence-corrected chi connectivity index (χ1v) is 11.8. The van der Waals surface area contributed by atoms with Crippen LogP contribution in [0.2, 0.25) is 0 Å². The standard InChI is InChI=1S/C27H38N2O5/c1-6-25(27(31)28-18-20(2)3)29(19-21-9-7-10-24(17-21)33-5)26(30)11-8-16-34-23-14-12-22(32-4)13-15-23/h7,9-10,12-15,17,20,25H,6,8,11,16,18-19H2,1-5H3,(H,28,31)/t25-/m1/s1. The van der Waals surface area contributed by atoms with Crippen LogP contribution in [0.1, 0.15) is 45.6 Å². The van der Waals surface area contributed by atoms with Gasteiger partial charge in [0.25, 0.3) is 0 Å². The van der Waals surface area contributed by atoms with E-state index in [4.69, 9.17) is 14.2 Å². The summed E-state index contributed by atoms with van der Waals surface area (Å²) in [7, 11) is 3.23. The van der Waals surface area contributed by atoms with Crippen LogP contribution in [0, 0.1) is 5.92 Å². The minimum absolute atomic E-state index is 0.0762. The molecule has 0 aromatic heterocycles. The zero-order valence-corrected chi connectivity index (χ0v) is 21.0. The van der Waals surface area contributed by atoms with Gasteiger partial charge in [-0.15, -0.1) is 0 Å². The van der Waals surface area contributed by atoms with Crippen molar-refractivity contribution in [3.05, 3.63) is 54.1 Å². The van der Waals surface area contributed by atoms with Crippen LogP contribution in [0.4, 0.5) is 0 Å². The minimum Gasteiger partial charge on any atom is -0.497 e. The summed E-state index contributed by atoms with van der Waals surface area (Å²) in [5.74, 6) is 2.34. The van der Waals surface area contributed by atoms with Gasteiger partial charge in [-0.25, -0.2) is 0 Å². The summed E-state index contributed by atoms with van der Waals surface area (Å²) >= 11 is 0. The average Bonchev–Trinajstić information content (AvgIpc) is 2.85. The van der Waals surface area contributed by atoms with E-state index < -0.39 is 6.04 Å². The molecule has 0 saturated carbocycles. The normalized spacial score (nSPS) is 11.6. The first kappa shape index (κ1) is 27.0. The lowest BCUT2D eigenvalue weighted by Crippen LogP contribution is -2.49. The topological polar surface area (TPSA) is 77.1 Å². The SMILES string of the molecule is CC[C@H](C(=O)NCC(C)C)N(Cc1cccc(OC)c1)C(=O)CCCOc1ccc(OC)cc1. The molecule has 0 fully saturated rings. The van der Waals surface area contributed by atoms with Crippen LogP contribution < -0.4 is 19.5 Å². The molecule has 34 heavy (non-hydrogen) atoms. The predicted octanol–water partition coefficient (Wildman–Crippen LogP) is 4.44. The predicted molar refractivity (Wildman–Crippen MR) is 133 cm³/mol. The number of hydrogen-bond acceptors (Lipinski definition) is 5. The van der Waals surface area contributed by atoms with Gasteiger partial charge in [0.05, 0.1) is 20.8 Å². The number of nitrogens with zero attached hydrogens (tertiary/aromatic N) is 1. The number of ether oxygens (including phenoxy) is 3. The number of methoxy groups -OCH3 is 2. The number of carbonyl (C=O) groups is 2. The van der Waals surface area contributed by atoms with E-state index in [-0.39, 0.29) is 18.2 Å². The Bertz CT molecular complexity index is 898. The highest BCUT2D eigenvalue weighted by Crippen LogP contribution is 2.20. The lowest BCUT2D eigenvalue weighted by molar-refractivity contribution is -0.141. The van der Waals surface area contributed by atoms with E-state index in [1.54, 1.807) is 19.1 Å². The van der Waals surface area contributed by atoms with Crippen molar-refractivity contribution in [1.29, 1.82) is 0 Å². The number of amides is 2. The van der Waals surface area contributed by atoms with Gasteiger partial charge in [-0.1, -0.05) is 32.9 Å². The van der Waals surface area contributed by atoms with E-state index in [0.29, 0.717) is 38.5 Å². The maximum atomic E-state index is 13.3. The molecule has 1 N–H and O–H groups in total. The second-order valence-electron chi connectivity index (χ2n) is 8.56. The van der Waals surface area contributed by atoms with Gasteiger partial charge >= 0.3 is 0 Å². The summed E-state index contributed by atoms with van der Waals surface area (Å²) in [5.41, 5.74) is 0.914. The molecule has 7 nitrogen and oxygen atoms in total. The van der Waals surface area contributed by atoms with Gasteiger partial charge < -0.3 is 24.4 Å². The van der Waals surface area contributed by atoms with Crippen LogP contribution >= 0.6 is 0 Å². The first-order valence-electron chi connectivity index (χ1n) is 11.8. The molecule has 1 atom stereocenters. The molecule has 7 heteroatoms. The second kappa shape index (κ2) is 14.1. The Hall–Kier alpha value is -3.22. The molecule has 0 radical (unpaired) electrons. The largest absolute Gasteiger partial charge is 0.497 e. The van der Waals surface area contributed by atoms with E-state index in [1.807, 2.05) is 69.3 Å². The fourth-order valence-corrected chi connectivity index (χ4v) is 3.54. The Morgan fingerprint density at radius 3 is 2.26 bits per heavy atom. The quantitative estimate of drug-likeness (QED) is 0.413. The summed E-state index contributed by atoms with van der Waals surface area (Å²) in [6, 6.07) is 14.4. The van der Waals surface area contributed by atoms with E-state index in [0.717, 1.165) is 22.8 Å². The van der Waals surface area contributed by atoms with Gasteiger partial charge in [0.1, 0.15) is 23.3 Å². The maximum Gasteiger partial charge on any atom is 0.242 e. The van der Waals surface area contributed by atoms with E-state index in [1.165, 1.54) is 0 Å². The summed E-state index contributed by atoms with van der Waals surface area (Å²) in [6.45, 7) is 7.33. The third-order valence-corrected chi connectivity index (χ3v) is 5.42. The van der Waals surface area contributed by atoms with Crippen molar-refractivity contribution >= 4 is 11.8 Å². The van der Waals surface area contributed by atoms with Crippen LogP contribution in [0.3, 0.4) is 0 Å². The maximum absolute atomic E-state index is 13.3. The highest BCUT2D eigenvalue weighted by atomic mass is 16.5. The molecule has 0 spiro atoms. The molecule has 0 aliphatic heterocycles. The van der Waals surface area contributed by atoms with Gasteiger partial charge in [0.2, 0.25) is 11.8 Å². The molecule has 186 valence electrons. The Labute approximate surface area is 203 Å². The van der Waals surface area contributed by atoms with Crippen LogP contribution in [-0.2, 0) is 16.1 Å². The van der Waals surface area contributed by atoms with E-state index in [9.17, 15) is 9.59 Å². The fraction of sp³-hybridized carbons (Fsp3) is 0.481. The average molecular weight is 471 g/mol. The minimum atomic E-state index is -0.542. The monoisotopic (exact) mass is 470 g/mol. The Morgan fingerprint density at radius 2 is 1.65 bits per heavy atom. The summed E-state index contributed by atoms with van der Waals surface area (Å²) in [4.78, 5) is 27.9. The molecular formula is C27H38N2O5. The first-order chi connectivity index (χ1) is 16.4. The van der Waals surface area contributed by atoms with Gasteiger partial charge in [-0.05, 0) is 60.7 Å². The van der Waals surface area contributed by atoms with Gasteiger partial charge in [-0.3, -0.25) is 9.59 Å². The van der Waals surface area contributed by atoms with Crippen LogP contribution in [0.15, 0.2) is 48.5 Å². The molecule has 2 rings (SSSR count). The van der Waals surface area contributed by atoms with E-state index in [2.05, 4.69) is 5.32 Å². The van der Waals surface area contributed by atoms with Crippen molar-refractivity contribution in [2.45, 2.75) is 52.6 Å². The van der Waals surface area contributed by atoms with E-state index >= 15 is 0 Å². The summed E-state index contributed by atoms with van der Waals surface area (Å²) < 4.78 is 16.2. The molecule has 2 aromatic rings. The molecule has 0 aliphatic carbocycles. The number of carbonyl (C=O) groups excluding carboxylic acids is 2. The van der Waals surface area contributed by atoms with Crippen molar-refractivity contribution in [3.8, 4) is 17.2 Å². The van der Waals surface area contributed by atoms with Crippen molar-refractivity contribution in [3.63, 3.8) is 0 Å². The highest BCUT2D eigenvalue weighted by Gasteiger charge is 2.28. The third-order valence-electron chi connectivity index (χ3n) is 5.42. The van der Waals surface area contributed by atoms with Crippen LogP contribution in [0.25, 0.3) is 0 Å². The molecule has 2 aromatic carbocycles. The number of rotatable bonds is 14. The second-order valence-corrected chi connectivity index (χ2v) is 8.56. The Kier molecular flexibility index (Phi) is 11.2. The highest BCUT2D eigenvalue weighted by molar-refractivity contribution is 5.87. The molecule has 0 saturated heterocycles. The smallest absolute Gasteiger partial charge is 0.242 e.